The zero-order valence-electron chi connectivity index (χ0n) is 14.1. The van der Waals surface area contributed by atoms with E-state index in [-0.39, 0.29) is 23.0 Å². The van der Waals surface area contributed by atoms with E-state index in [1.807, 2.05) is 0 Å². The Hall–Kier alpha value is -2.91. The number of rotatable bonds is 6. The summed E-state index contributed by atoms with van der Waals surface area (Å²) < 4.78 is 13.0. The first-order valence-electron chi connectivity index (χ1n) is 7.79. The number of hydrazone groups is 1. The van der Waals surface area contributed by atoms with Crippen molar-refractivity contribution in [3.05, 3.63) is 63.0 Å². The van der Waals surface area contributed by atoms with Crippen LogP contribution < -0.4 is 5.43 Å². The van der Waals surface area contributed by atoms with Gasteiger partial charge in [0.1, 0.15) is 15.7 Å². The molecule has 9 heteroatoms. The van der Waals surface area contributed by atoms with Gasteiger partial charge in [-0.2, -0.15) is 5.10 Å². The number of aromatic carboxylic acids is 1. The van der Waals surface area contributed by atoms with Crippen molar-refractivity contribution in [2.45, 2.75) is 13.3 Å². The van der Waals surface area contributed by atoms with Gasteiger partial charge >= 0.3 is 5.97 Å². The maximum atomic E-state index is 13.0. The minimum atomic E-state index is -0.997. The molecule has 0 saturated carbocycles. The number of benzene rings is 1. The van der Waals surface area contributed by atoms with E-state index in [9.17, 15) is 14.0 Å². The Morgan fingerprint density at radius 1 is 1.19 bits per heavy atom. The third-order valence-electron chi connectivity index (χ3n) is 3.51. The highest BCUT2D eigenvalue weighted by atomic mass is 32.1. The Morgan fingerprint density at radius 3 is 2.56 bits per heavy atom. The molecule has 138 valence electrons. The topological polar surface area (TPSA) is 91.7 Å². The van der Waals surface area contributed by atoms with Crippen molar-refractivity contribution in [1.29, 1.82) is 0 Å². The molecule has 1 amide bonds. The summed E-state index contributed by atoms with van der Waals surface area (Å²) in [5.41, 5.74) is 4.34. The fraction of sp³-hybridized carbons (Fsp3) is 0.111. The van der Waals surface area contributed by atoms with Crippen LogP contribution >= 0.6 is 22.7 Å². The monoisotopic (exact) mass is 403 g/mol. The van der Waals surface area contributed by atoms with Crippen molar-refractivity contribution >= 4 is 40.3 Å². The van der Waals surface area contributed by atoms with Gasteiger partial charge in [-0.05, 0) is 43.3 Å². The van der Waals surface area contributed by atoms with Crippen LogP contribution in [0.5, 0.6) is 0 Å². The summed E-state index contributed by atoms with van der Waals surface area (Å²) in [4.78, 5) is 28.2. The summed E-state index contributed by atoms with van der Waals surface area (Å²) in [6.07, 6.45) is 0.0549. The number of nitrogens with one attached hydrogen (secondary N) is 1. The van der Waals surface area contributed by atoms with Crippen LogP contribution in [0.25, 0.3) is 10.6 Å². The van der Waals surface area contributed by atoms with Gasteiger partial charge < -0.3 is 5.11 Å². The number of carbonyl (C=O) groups is 2. The molecule has 0 atom stereocenters. The number of hydrogen-bond donors (Lipinski definition) is 2. The molecule has 2 heterocycles. The van der Waals surface area contributed by atoms with E-state index in [0.717, 1.165) is 16.9 Å². The van der Waals surface area contributed by atoms with E-state index in [1.165, 1.54) is 29.5 Å². The molecular weight excluding hydrogens is 389 g/mol. The molecule has 0 saturated heterocycles. The largest absolute Gasteiger partial charge is 0.477 e. The lowest BCUT2D eigenvalue weighted by atomic mass is 10.2. The summed E-state index contributed by atoms with van der Waals surface area (Å²) in [7, 11) is 0. The fourth-order valence-electron chi connectivity index (χ4n) is 2.17. The minimum Gasteiger partial charge on any atom is -0.477 e. The van der Waals surface area contributed by atoms with Gasteiger partial charge in [0.15, 0.2) is 0 Å². The second-order valence-corrected chi connectivity index (χ2v) is 7.47. The summed E-state index contributed by atoms with van der Waals surface area (Å²) >= 11 is 2.46. The van der Waals surface area contributed by atoms with Crippen molar-refractivity contribution in [3.63, 3.8) is 0 Å². The number of carboxylic acids is 1. The maximum absolute atomic E-state index is 13.0. The molecule has 0 fully saturated rings. The average Bonchev–Trinajstić information content (AvgIpc) is 3.30. The van der Waals surface area contributed by atoms with E-state index in [0.29, 0.717) is 21.3 Å². The molecule has 0 spiro atoms. The molecule has 0 aliphatic rings. The van der Waals surface area contributed by atoms with Gasteiger partial charge in [0.05, 0.1) is 22.7 Å². The second kappa shape index (κ2) is 8.19. The van der Waals surface area contributed by atoms with Gasteiger partial charge in [-0.3, -0.25) is 4.79 Å². The number of carboxylic acid groups (broad SMARTS) is 1. The molecule has 0 bridgehead atoms. The second-order valence-electron chi connectivity index (χ2n) is 5.53. The minimum absolute atomic E-state index is 0.0549. The predicted molar refractivity (Wildman–Crippen MR) is 103 cm³/mol. The normalized spacial score (nSPS) is 11.4. The SMILES string of the molecule is C/C(=N/NC(=O)Cc1csc(-c2ccc(F)cc2)n1)c1ccc(C(=O)O)s1. The van der Waals surface area contributed by atoms with Crippen LogP contribution in [0.3, 0.4) is 0 Å². The molecule has 27 heavy (non-hydrogen) atoms. The van der Waals surface area contributed by atoms with E-state index in [2.05, 4.69) is 15.5 Å². The third kappa shape index (κ3) is 4.83. The highest BCUT2D eigenvalue weighted by Gasteiger charge is 2.11. The lowest BCUT2D eigenvalue weighted by Gasteiger charge is -2.00. The van der Waals surface area contributed by atoms with Crippen LogP contribution in [0.15, 0.2) is 46.9 Å². The van der Waals surface area contributed by atoms with Crippen LogP contribution in [0, 0.1) is 5.82 Å². The van der Waals surface area contributed by atoms with Crippen molar-refractivity contribution in [2.75, 3.05) is 0 Å². The smallest absolute Gasteiger partial charge is 0.345 e. The van der Waals surface area contributed by atoms with Gasteiger partial charge in [0.2, 0.25) is 5.91 Å². The van der Waals surface area contributed by atoms with Gasteiger partial charge in [-0.15, -0.1) is 22.7 Å². The number of carbonyl (C=O) groups excluding carboxylic acids is 1. The van der Waals surface area contributed by atoms with Crippen LogP contribution in [0.4, 0.5) is 4.39 Å². The van der Waals surface area contributed by atoms with E-state index < -0.39 is 5.97 Å². The number of hydrogen-bond acceptors (Lipinski definition) is 6. The Morgan fingerprint density at radius 2 is 1.89 bits per heavy atom. The van der Waals surface area contributed by atoms with Crippen molar-refractivity contribution in [1.82, 2.24) is 10.4 Å². The zero-order chi connectivity index (χ0) is 19.4. The molecule has 0 radical (unpaired) electrons. The molecular formula is C18H14FN3O3S2. The van der Waals surface area contributed by atoms with Gasteiger partial charge in [0, 0.05) is 10.9 Å². The zero-order valence-corrected chi connectivity index (χ0v) is 15.7. The first kappa shape index (κ1) is 18.9. The summed E-state index contributed by atoms with van der Waals surface area (Å²) in [5, 5.41) is 15.4. The molecule has 1 aromatic carbocycles. The predicted octanol–water partition coefficient (Wildman–Crippen LogP) is 3.79. The standard InChI is InChI=1S/C18H14FN3O3S2/c1-10(14-6-7-15(27-14)18(24)25)21-22-16(23)8-13-9-26-17(20-13)11-2-4-12(19)5-3-11/h2-7,9H,8H2,1H3,(H,22,23)(H,24,25)/b21-10-. The molecule has 3 aromatic rings. The average molecular weight is 403 g/mol. The summed E-state index contributed by atoms with van der Waals surface area (Å²) in [6.45, 7) is 1.69. The molecule has 2 N–H and O–H groups in total. The molecule has 3 rings (SSSR count). The summed E-state index contributed by atoms with van der Waals surface area (Å²) in [6, 6.07) is 9.14. The molecule has 0 aliphatic heterocycles. The Kier molecular flexibility index (Phi) is 5.72. The van der Waals surface area contributed by atoms with Crippen LogP contribution in [-0.4, -0.2) is 27.7 Å². The first-order valence-corrected chi connectivity index (χ1v) is 9.49. The van der Waals surface area contributed by atoms with Crippen LogP contribution in [-0.2, 0) is 11.2 Å². The van der Waals surface area contributed by atoms with Crippen molar-refractivity contribution < 1.29 is 19.1 Å². The Labute approximate surface area is 162 Å². The fourth-order valence-corrected chi connectivity index (χ4v) is 3.78. The number of nitrogens with zero attached hydrogens (tertiary/aromatic N) is 2. The maximum Gasteiger partial charge on any atom is 0.345 e. The Balaban J connectivity index is 1.60. The van der Waals surface area contributed by atoms with E-state index in [1.54, 1.807) is 30.5 Å². The molecule has 0 unspecified atom stereocenters. The number of thiazole rings is 1. The number of aromatic nitrogens is 1. The third-order valence-corrected chi connectivity index (χ3v) is 5.63. The van der Waals surface area contributed by atoms with Crippen LogP contribution in [0.2, 0.25) is 0 Å². The number of thiophene rings is 1. The van der Waals surface area contributed by atoms with Gasteiger partial charge in [-0.1, -0.05) is 0 Å². The van der Waals surface area contributed by atoms with Crippen LogP contribution in [0.1, 0.15) is 27.2 Å². The molecule has 6 nitrogen and oxygen atoms in total. The molecule has 2 aromatic heterocycles. The number of halogens is 1. The lowest BCUT2D eigenvalue weighted by Crippen LogP contribution is -2.21. The lowest BCUT2D eigenvalue weighted by molar-refractivity contribution is -0.120. The quantitative estimate of drug-likeness (QED) is 0.484. The van der Waals surface area contributed by atoms with Crippen molar-refractivity contribution in [3.8, 4) is 10.6 Å². The number of amides is 1. The first-order chi connectivity index (χ1) is 12.9. The highest BCUT2D eigenvalue weighted by Crippen LogP contribution is 2.24. The summed E-state index contributed by atoms with van der Waals surface area (Å²) in [5.74, 6) is -1.65. The molecule has 0 aliphatic carbocycles. The van der Waals surface area contributed by atoms with Gasteiger partial charge in [0.25, 0.3) is 0 Å². The highest BCUT2D eigenvalue weighted by molar-refractivity contribution is 7.16. The van der Waals surface area contributed by atoms with E-state index in [4.69, 9.17) is 5.11 Å². The Bertz CT molecular complexity index is 1010. The van der Waals surface area contributed by atoms with Gasteiger partial charge in [-0.25, -0.2) is 19.6 Å². The van der Waals surface area contributed by atoms with E-state index >= 15 is 0 Å². The van der Waals surface area contributed by atoms with Crippen molar-refractivity contribution in [2.24, 2.45) is 5.10 Å².